The lowest BCUT2D eigenvalue weighted by Gasteiger charge is -2.19. The summed E-state index contributed by atoms with van der Waals surface area (Å²) in [6.07, 6.45) is 4.82. The molecule has 3 rings (SSSR count). The zero-order chi connectivity index (χ0) is 17.9. The van der Waals surface area contributed by atoms with E-state index in [9.17, 15) is 4.79 Å². The minimum absolute atomic E-state index is 0.417. The maximum Gasteiger partial charge on any atom is 0.407 e. The highest BCUT2D eigenvalue weighted by molar-refractivity contribution is 7.15. The molecule has 0 aliphatic heterocycles. The van der Waals surface area contributed by atoms with Gasteiger partial charge in [-0.2, -0.15) is 0 Å². The Bertz CT molecular complexity index is 848. The first kappa shape index (κ1) is 17.2. The van der Waals surface area contributed by atoms with Gasteiger partial charge in [0.05, 0.1) is 12.8 Å². The van der Waals surface area contributed by atoms with Crippen LogP contribution in [-0.4, -0.2) is 16.7 Å². The van der Waals surface area contributed by atoms with Gasteiger partial charge >= 0.3 is 6.09 Å². The Hall–Kier alpha value is -2.60. The topological polar surface area (TPSA) is 64.4 Å². The molecular formula is C19H20N2O3S. The van der Waals surface area contributed by atoms with Crippen molar-refractivity contribution < 1.29 is 13.9 Å². The van der Waals surface area contributed by atoms with Crippen LogP contribution in [0.15, 0.2) is 53.4 Å². The van der Waals surface area contributed by atoms with Crippen LogP contribution in [0.3, 0.4) is 0 Å². The van der Waals surface area contributed by atoms with Crippen LogP contribution in [0.5, 0.6) is 0 Å². The van der Waals surface area contributed by atoms with Gasteiger partial charge in [0.15, 0.2) is 0 Å². The number of amides is 1. The number of ether oxygens (including phenoxy) is 1. The number of nitrogens with one attached hydrogen (secondary N) is 1. The summed E-state index contributed by atoms with van der Waals surface area (Å²) in [5, 5.41) is 2.78. The van der Waals surface area contributed by atoms with E-state index in [1.807, 2.05) is 57.3 Å². The molecule has 6 heteroatoms. The van der Waals surface area contributed by atoms with E-state index in [1.165, 1.54) is 0 Å². The van der Waals surface area contributed by atoms with Crippen LogP contribution in [0.25, 0.3) is 21.8 Å². The second-order valence-corrected chi connectivity index (χ2v) is 7.69. The second kappa shape index (κ2) is 7.11. The quantitative estimate of drug-likeness (QED) is 0.707. The van der Waals surface area contributed by atoms with Crippen molar-refractivity contribution >= 4 is 17.4 Å². The molecule has 0 radical (unpaired) electrons. The Morgan fingerprint density at radius 2 is 2.08 bits per heavy atom. The molecule has 0 saturated carbocycles. The number of hydrogen-bond donors (Lipinski definition) is 1. The minimum atomic E-state index is -0.502. The Balaban J connectivity index is 1.74. The third-order valence-electron chi connectivity index (χ3n) is 3.34. The van der Waals surface area contributed by atoms with Crippen molar-refractivity contribution in [3.63, 3.8) is 0 Å². The van der Waals surface area contributed by atoms with E-state index in [4.69, 9.17) is 9.15 Å². The van der Waals surface area contributed by atoms with E-state index in [1.54, 1.807) is 23.8 Å². The minimum Gasteiger partial charge on any atom is -0.464 e. The number of nitrogens with zero attached hydrogens (tertiary/aromatic N) is 1. The van der Waals surface area contributed by atoms with Crippen LogP contribution >= 0.6 is 11.3 Å². The molecular weight excluding hydrogens is 336 g/mol. The summed E-state index contributed by atoms with van der Waals surface area (Å²) < 4.78 is 10.8. The highest BCUT2D eigenvalue weighted by Gasteiger charge is 2.16. The van der Waals surface area contributed by atoms with Crippen LogP contribution in [0.2, 0.25) is 0 Å². The third kappa shape index (κ3) is 4.48. The van der Waals surface area contributed by atoms with Crippen molar-refractivity contribution in [2.24, 2.45) is 0 Å². The summed E-state index contributed by atoms with van der Waals surface area (Å²) in [5.74, 6) is 0.805. The van der Waals surface area contributed by atoms with E-state index >= 15 is 0 Å². The van der Waals surface area contributed by atoms with E-state index in [2.05, 4.69) is 10.3 Å². The van der Waals surface area contributed by atoms with Crippen molar-refractivity contribution in [2.45, 2.75) is 32.9 Å². The van der Waals surface area contributed by atoms with Crippen molar-refractivity contribution in [2.75, 3.05) is 0 Å². The van der Waals surface area contributed by atoms with Crippen molar-refractivity contribution in [3.8, 4) is 21.8 Å². The Labute approximate surface area is 150 Å². The highest BCUT2D eigenvalue weighted by Crippen LogP contribution is 2.35. The molecule has 5 nitrogen and oxygen atoms in total. The van der Waals surface area contributed by atoms with Crippen LogP contribution in [0.1, 0.15) is 25.6 Å². The van der Waals surface area contributed by atoms with Gasteiger partial charge in [-0.25, -0.2) is 4.79 Å². The monoisotopic (exact) mass is 356 g/mol. The zero-order valence-electron chi connectivity index (χ0n) is 14.4. The lowest BCUT2D eigenvalue weighted by Crippen LogP contribution is -2.31. The summed E-state index contributed by atoms with van der Waals surface area (Å²) in [7, 11) is 0. The van der Waals surface area contributed by atoms with Crippen molar-refractivity contribution in [1.82, 2.24) is 10.3 Å². The molecule has 3 aromatic rings. The first-order valence-corrected chi connectivity index (χ1v) is 8.78. The smallest absolute Gasteiger partial charge is 0.407 e. The highest BCUT2D eigenvalue weighted by atomic mass is 32.1. The molecule has 0 saturated heterocycles. The lowest BCUT2D eigenvalue weighted by molar-refractivity contribution is 0.0524. The van der Waals surface area contributed by atoms with Gasteiger partial charge in [0.1, 0.15) is 11.4 Å². The first-order valence-electron chi connectivity index (χ1n) is 7.96. The van der Waals surface area contributed by atoms with E-state index in [0.29, 0.717) is 6.54 Å². The number of pyridine rings is 1. The molecule has 0 aliphatic carbocycles. The summed E-state index contributed by atoms with van der Waals surface area (Å²) in [5.41, 5.74) is 1.50. The number of rotatable bonds is 4. The van der Waals surface area contributed by atoms with Gasteiger partial charge in [-0.05, 0) is 51.1 Å². The second-order valence-electron chi connectivity index (χ2n) is 6.52. The number of thiophene rings is 1. The number of hydrogen-bond acceptors (Lipinski definition) is 5. The predicted octanol–water partition coefficient (Wildman–Crippen LogP) is 5.09. The first-order chi connectivity index (χ1) is 11.9. The molecule has 0 aromatic carbocycles. The van der Waals surface area contributed by atoms with Crippen LogP contribution in [0, 0.1) is 0 Å². The fourth-order valence-corrected chi connectivity index (χ4v) is 3.30. The maximum absolute atomic E-state index is 11.8. The third-order valence-corrected chi connectivity index (χ3v) is 4.46. The summed E-state index contributed by atoms with van der Waals surface area (Å²) in [6.45, 7) is 5.95. The molecule has 0 fully saturated rings. The van der Waals surface area contributed by atoms with Gasteiger partial charge in [0, 0.05) is 33.3 Å². The average Bonchev–Trinajstić information content (AvgIpc) is 3.23. The largest absolute Gasteiger partial charge is 0.464 e. The number of alkyl carbamates (subject to hydrolysis) is 1. The number of carbonyl (C=O) groups excluding carboxylic acids is 1. The Kier molecular flexibility index (Phi) is 4.90. The zero-order valence-corrected chi connectivity index (χ0v) is 15.2. The summed E-state index contributed by atoms with van der Waals surface area (Å²) >= 11 is 1.61. The molecule has 130 valence electrons. The molecule has 0 atom stereocenters. The Morgan fingerprint density at radius 1 is 1.24 bits per heavy atom. The molecule has 3 heterocycles. The maximum atomic E-state index is 11.8. The number of carbonyl (C=O) groups is 1. The Morgan fingerprint density at radius 3 is 2.80 bits per heavy atom. The number of furan rings is 1. The molecule has 0 spiro atoms. The summed E-state index contributed by atoms with van der Waals surface area (Å²) in [6, 6.07) is 9.75. The van der Waals surface area contributed by atoms with Gasteiger partial charge in [-0.15, -0.1) is 11.3 Å². The molecule has 0 bridgehead atoms. The van der Waals surface area contributed by atoms with E-state index in [0.717, 1.165) is 26.6 Å². The van der Waals surface area contributed by atoms with Gasteiger partial charge in [-0.1, -0.05) is 0 Å². The van der Waals surface area contributed by atoms with Crippen LogP contribution < -0.4 is 5.32 Å². The molecule has 0 unspecified atom stereocenters. The van der Waals surface area contributed by atoms with Crippen molar-refractivity contribution in [3.05, 3.63) is 53.9 Å². The summed E-state index contributed by atoms with van der Waals surface area (Å²) in [4.78, 5) is 18.1. The molecule has 25 heavy (non-hydrogen) atoms. The standard InChI is InChI=1S/C19H20N2O3S/c1-19(2,3)24-18(22)21-11-13-6-7-17(25-13)15-12-20-9-8-14(15)16-5-4-10-23-16/h4-10,12H,11H2,1-3H3,(H,21,22). The van der Waals surface area contributed by atoms with E-state index < -0.39 is 11.7 Å². The molecule has 1 N–H and O–H groups in total. The van der Waals surface area contributed by atoms with Crippen LogP contribution in [-0.2, 0) is 11.3 Å². The number of aromatic nitrogens is 1. The van der Waals surface area contributed by atoms with Gasteiger partial charge in [-0.3, -0.25) is 4.98 Å². The van der Waals surface area contributed by atoms with Gasteiger partial charge in [0.2, 0.25) is 0 Å². The predicted molar refractivity (Wildman–Crippen MR) is 98.3 cm³/mol. The molecule has 1 amide bonds. The van der Waals surface area contributed by atoms with Gasteiger partial charge in [0.25, 0.3) is 0 Å². The lowest BCUT2D eigenvalue weighted by atomic mass is 10.1. The molecule has 0 aliphatic rings. The van der Waals surface area contributed by atoms with Crippen molar-refractivity contribution in [1.29, 1.82) is 0 Å². The van der Waals surface area contributed by atoms with Crippen LogP contribution in [0.4, 0.5) is 4.79 Å². The SMILES string of the molecule is CC(C)(C)OC(=O)NCc1ccc(-c2cnccc2-c2ccco2)s1. The van der Waals surface area contributed by atoms with E-state index in [-0.39, 0.29) is 0 Å². The fraction of sp³-hybridized carbons (Fsp3) is 0.263. The molecule has 3 aromatic heterocycles. The van der Waals surface area contributed by atoms with Gasteiger partial charge < -0.3 is 14.5 Å². The normalized spacial score (nSPS) is 11.3. The fourth-order valence-electron chi connectivity index (χ4n) is 2.33. The average molecular weight is 356 g/mol.